The Hall–Kier alpha value is -0.660. The van der Waals surface area contributed by atoms with Gasteiger partial charge in [0.2, 0.25) is 0 Å². The molecule has 0 fully saturated rings. The molecule has 0 spiro atoms. The van der Waals surface area contributed by atoms with Gasteiger partial charge >= 0.3 is 148 Å². The topological polar surface area (TPSA) is 0 Å². The van der Waals surface area contributed by atoms with Crippen molar-refractivity contribution in [3.63, 3.8) is 0 Å². The van der Waals surface area contributed by atoms with Crippen molar-refractivity contribution in [2.75, 3.05) is 0 Å². The van der Waals surface area contributed by atoms with Gasteiger partial charge in [0.05, 0.1) is 0 Å². The van der Waals surface area contributed by atoms with Crippen molar-refractivity contribution in [1.82, 2.24) is 0 Å². The molecule has 2 aromatic carbocycles. The van der Waals surface area contributed by atoms with Crippen LogP contribution in [0.2, 0.25) is 0 Å². The summed E-state index contributed by atoms with van der Waals surface area (Å²) in [5.41, 5.74) is -1.64. The van der Waals surface area contributed by atoms with E-state index in [-0.39, 0.29) is 14.4 Å². The normalized spacial score (nSPS) is 12.2. The van der Waals surface area contributed by atoms with Crippen LogP contribution in [0, 0.1) is 0 Å². The van der Waals surface area contributed by atoms with E-state index < -0.39 is 42.1 Å². The number of halogens is 8. The van der Waals surface area contributed by atoms with E-state index in [1.54, 1.807) is 0 Å². The van der Waals surface area contributed by atoms with Crippen molar-refractivity contribution in [1.29, 1.82) is 0 Å². The van der Waals surface area contributed by atoms with Gasteiger partial charge in [-0.25, -0.2) is 0 Å². The van der Waals surface area contributed by atoms with E-state index in [1.807, 2.05) is 0 Å². The Balaban J connectivity index is 2.60. The van der Waals surface area contributed by atoms with Gasteiger partial charge in [0.1, 0.15) is 0 Å². The molecular weight excluding hydrogens is 544 g/mol. The number of hydrogen-bond donors (Lipinski definition) is 0. The van der Waals surface area contributed by atoms with Gasteiger partial charge < -0.3 is 0 Å². The van der Waals surface area contributed by atoms with E-state index in [1.165, 1.54) is 24.3 Å². The summed E-state index contributed by atoms with van der Waals surface area (Å²) in [5.74, 6) is 0. The monoisotopic (exact) mass is 552 g/mol. The molecule has 0 aromatic heterocycles. The Morgan fingerprint density at radius 1 is 0.708 bits per heavy atom. The van der Waals surface area contributed by atoms with Crippen molar-refractivity contribution in [3.8, 4) is 0 Å². The summed E-state index contributed by atoms with van der Waals surface area (Å²) < 4.78 is 77.3. The fourth-order valence-electron chi connectivity index (χ4n) is 2.09. The van der Waals surface area contributed by atoms with Crippen molar-refractivity contribution in [2.24, 2.45) is 0 Å². The van der Waals surface area contributed by atoms with Crippen LogP contribution in [0.1, 0.15) is 22.3 Å². The Morgan fingerprint density at radius 3 is 1.38 bits per heavy atom. The van der Waals surface area contributed by atoms with Gasteiger partial charge in [0.25, 0.3) is 0 Å². The van der Waals surface area contributed by atoms with Crippen molar-refractivity contribution < 1.29 is 44.9 Å². The van der Waals surface area contributed by atoms with Gasteiger partial charge in [0.15, 0.2) is 0 Å². The summed E-state index contributed by atoms with van der Waals surface area (Å²) in [6.07, 6.45) is -9.14. The molecule has 0 unspecified atom stereocenters. The van der Waals surface area contributed by atoms with Crippen molar-refractivity contribution >= 4 is 20.4 Å². The Labute approximate surface area is 148 Å². The van der Waals surface area contributed by atoms with Crippen LogP contribution in [0.15, 0.2) is 48.5 Å². The molecule has 0 saturated carbocycles. The summed E-state index contributed by atoms with van der Waals surface area (Å²) in [4.78, 5) is 0. The molecule has 0 saturated heterocycles. The Kier molecular flexibility index (Phi) is 5.98. The molecular formula is C15H8Cl2F6Hf. The number of rotatable bonds is 2. The summed E-state index contributed by atoms with van der Waals surface area (Å²) in [5, 5.41) is 0. The van der Waals surface area contributed by atoms with E-state index in [0.717, 1.165) is 24.3 Å². The van der Waals surface area contributed by atoms with Gasteiger partial charge in [0, 0.05) is 0 Å². The molecule has 0 heterocycles. The number of hydrogen-bond acceptors (Lipinski definition) is 0. The van der Waals surface area contributed by atoms with E-state index >= 15 is 0 Å². The van der Waals surface area contributed by atoms with Gasteiger partial charge in [-0.3, -0.25) is 0 Å². The molecule has 2 rings (SSSR count). The van der Waals surface area contributed by atoms with Crippen LogP contribution < -0.4 is 0 Å². The molecule has 0 aliphatic rings. The maximum atomic E-state index is 12.8. The van der Waals surface area contributed by atoms with E-state index in [4.69, 9.17) is 17.2 Å². The first kappa shape index (κ1) is 19.7. The summed E-state index contributed by atoms with van der Waals surface area (Å²) in [7, 11) is 12.0. The Morgan fingerprint density at radius 2 is 1.08 bits per heavy atom. The molecule has 2 aromatic rings. The van der Waals surface area contributed by atoms with Crippen LogP contribution in [0.5, 0.6) is 0 Å². The quantitative estimate of drug-likeness (QED) is 0.307. The molecule has 0 radical (unpaired) electrons. The summed E-state index contributed by atoms with van der Waals surface area (Å²) >= 11 is -3.54. The number of alkyl halides is 6. The second-order valence-corrected chi connectivity index (χ2v) is 16.2. The van der Waals surface area contributed by atoms with Gasteiger partial charge in [-0.15, -0.1) is 0 Å². The maximum absolute atomic E-state index is 12.8. The van der Waals surface area contributed by atoms with Crippen LogP contribution in [0.25, 0.3) is 0 Å². The van der Waals surface area contributed by atoms with E-state index in [2.05, 4.69) is 0 Å². The molecule has 0 N–H and O–H groups in total. The third-order valence-electron chi connectivity index (χ3n) is 3.15. The molecule has 0 atom stereocenters. The van der Waals surface area contributed by atoms with Crippen molar-refractivity contribution in [3.05, 3.63) is 70.8 Å². The van der Waals surface area contributed by atoms with Crippen LogP contribution in [0.4, 0.5) is 26.3 Å². The van der Waals surface area contributed by atoms with Gasteiger partial charge in [-0.2, -0.15) is 0 Å². The first-order chi connectivity index (χ1) is 11.0. The average Bonchev–Trinajstić information content (AvgIpc) is 2.46. The first-order valence-corrected chi connectivity index (χ1v) is 17.1. The van der Waals surface area contributed by atoms with Gasteiger partial charge in [-0.1, -0.05) is 0 Å². The zero-order valence-electron chi connectivity index (χ0n) is 11.6. The molecule has 0 aliphatic heterocycles. The minimum absolute atomic E-state index is 0.0939. The molecule has 9 heteroatoms. The summed E-state index contributed by atoms with van der Waals surface area (Å²) in [6.45, 7) is 0. The standard InChI is InChI=1S/C15H8F6.2ClH.Hf/c16-14(17,18)12-5-1-3-10(8-12)7-11-4-2-6-13(9-11)15(19,20)21;;;/h1-6,8-9H;2*1H;/q;;;+2/p-2. The zero-order chi connectivity index (χ0) is 18.1. The third-order valence-corrected chi connectivity index (χ3v) is 9.67. The molecule has 24 heavy (non-hydrogen) atoms. The molecule has 0 amide bonds. The number of benzene rings is 2. The molecule has 0 aliphatic carbocycles. The average molecular weight is 552 g/mol. The second-order valence-electron chi connectivity index (χ2n) is 4.79. The predicted molar refractivity (Wildman–Crippen MR) is 77.8 cm³/mol. The van der Waals surface area contributed by atoms with Crippen LogP contribution in [0.3, 0.4) is 0 Å². The minimum atomic E-state index is -4.57. The third kappa shape index (κ3) is 4.70. The van der Waals surface area contributed by atoms with E-state index in [9.17, 15) is 26.3 Å². The van der Waals surface area contributed by atoms with Crippen LogP contribution in [-0.4, -0.2) is 3.26 Å². The van der Waals surface area contributed by atoms with Crippen molar-refractivity contribution in [2.45, 2.75) is 12.4 Å². The first-order valence-electron chi connectivity index (χ1n) is 6.40. The van der Waals surface area contributed by atoms with Crippen LogP contribution >= 0.6 is 17.2 Å². The zero-order valence-corrected chi connectivity index (χ0v) is 16.7. The molecule has 0 nitrogen and oxygen atoms in total. The van der Waals surface area contributed by atoms with Gasteiger partial charge in [-0.05, 0) is 0 Å². The fourth-order valence-corrected chi connectivity index (χ4v) is 8.34. The molecule has 0 bridgehead atoms. The van der Waals surface area contributed by atoms with E-state index in [0.29, 0.717) is 0 Å². The SMILES string of the molecule is FC(F)(F)c1cccc([C](c2cccc(C(F)(F)F)c2)=[Hf]([Cl])[Cl])c1. The Bertz CT molecular complexity index is 717. The summed E-state index contributed by atoms with van der Waals surface area (Å²) in [6, 6.07) is 8.53. The van der Waals surface area contributed by atoms with Crippen LogP contribution in [-0.2, 0) is 30.9 Å². The second kappa shape index (κ2) is 7.30. The fraction of sp³-hybridized carbons (Fsp3) is 0.133. The predicted octanol–water partition coefficient (Wildman–Crippen LogP) is 6.22. The molecule has 128 valence electrons.